The van der Waals surface area contributed by atoms with Crippen molar-refractivity contribution in [2.75, 3.05) is 38.3 Å². The van der Waals surface area contributed by atoms with Gasteiger partial charge in [0.05, 0.1) is 29.9 Å². The number of aromatic nitrogens is 2. The molecule has 1 N–H and O–H groups in total. The second-order valence-corrected chi connectivity index (χ2v) is 17.2. The second-order valence-electron chi connectivity index (χ2n) is 14.8. The van der Waals surface area contributed by atoms with E-state index in [0.29, 0.717) is 31.4 Å². The third-order valence-electron chi connectivity index (χ3n) is 11.1. The zero-order valence-corrected chi connectivity index (χ0v) is 31.4. The molecule has 1 unspecified atom stereocenters. The van der Waals surface area contributed by atoms with Crippen molar-refractivity contribution in [1.82, 2.24) is 14.5 Å². The van der Waals surface area contributed by atoms with Crippen molar-refractivity contribution in [2.24, 2.45) is 23.2 Å². The van der Waals surface area contributed by atoms with E-state index in [1.807, 2.05) is 25.1 Å². The topological polar surface area (TPSA) is 124 Å². The molecule has 1 saturated carbocycles. The number of ether oxygens (including phenoxy) is 3. The maximum absolute atomic E-state index is 15.1. The molecular formula is C38H46ClN5O6S. The number of aryl methyl sites for hydroxylation is 3. The highest BCUT2D eigenvalue weighted by atomic mass is 35.5. The number of hydrogen-bond donors (Lipinski definition) is 1. The quantitative estimate of drug-likeness (QED) is 0.327. The Balaban J connectivity index is 1.37. The molecule has 0 radical (unpaired) electrons. The highest BCUT2D eigenvalue weighted by Crippen LogP contribution is 2.47. The molecule has 272 valence electrons. The first-order valence-electron chi connectivity index (χ1n) is 17.6. The van der Waals surface area contributed by atoms with Crippen LogP contribution in [0, 0.1) is 18.8 Å². The van der Waals surface area contributed by atoms with Gasteiger partial charge in [0.2, 0.25) is 0 Å². The normalized spacial score (nSPS) is 29.4. The number of halogens is 1. The minimum absolute atomic E-state index is 0.0645. The number of anilines is 1. The Bertz CT molecular complexity index is 2000. The number of methoxy groups -OCH3 is 1. The molecule has 1 fully saturated rings. The Morgan fingerprint density at radius 1 is 1.16 bits per heavy atom. The fourth-order valence-corrected chi connectivity index (χ4v) is 9.71. The zero-order chi connectivity index (χ0) is 36.1. The van der Waals surface area contributed by atoms with Crippen LogP contribution in [0.3, 0.4) is 0 Å². The van der Waals surface area contributed by atoms with Gasteiger partial charge in [0.15, 0.2) is 15.6 Å². The van der Waals surface area contributed by atoms with Crippen molar-refractivity contribution in [2.45, 2.75) is 74.9 Å². The predicted octanol–water partition coefficient (Wildman–Crippen LogP) is 5.96. The van der Waals surface area contributed by atoms with E-state index in [4.69, 9.17) is 25.8 Å². The Morgan fingerprint density at radius 3 is 2.71 bits per heavy atom. The van der Waals surface area contributed by atoms with E-state index in [0.717, 1.165) is 48.5 Å². The Kier molecular flexibility index (Phi) is 9.58. The lowest BCUT2D eigenvalue weighted by Crippen LogP contribution is -2.49. The maximum atomic E-state index is 15.1. The van der Waals surface area contributed by atoms with Crippen molar-refractivity contribution >= 4 is 39.0 Å². The molecule has 2 amide bonds. The molecular weight excluding hydrogens is 690 g/mol. The lowest BCUT2D eigenvalue weighted by atomic mass is 9.68. The maximum Gasteiger partial charge on any atom is 0.287 e. The van der Waals surface area contributed by atoms with Gasteiger partial charge < -0.3 is 19.1 Å². The Labute approximate surface area is 305 Å². The molecule has 2 aromatic carbocycles. The van der Waals surface area contributed by atoms with Gasteiger partial charge in [-0.15, -0.1) is 4.36 Å². The zero-order valence-electron chi connectivity index (χ0n) is 29.8. The molecule has 7 rings (SSSR count). The van der Waals surface area contributed by atoms with Crippen molar-refractivity contribution in [3.63, 3.8) is 0 Å². The average Bonchev–Trinajstić information content (AvgIpc) is 3.34. The molecule has 0 saturated heterocycles. The van der Waals surface area contributed by atoms with Gasteiger partial charge in [0.25, 0.3) is 11.8 Å². The van der Waals surface area contributed by atoms with Crippen LogP contribution >= 0.6 is 11.6 Å². The molecule has 51 heavy (non-hydrogen) atoms. The van der Waals surface area contributed by atoms with Crippen molar-refractivity contribution in [3.8, 4) is 5.75 Å². The number of hydrogen-bond acceptors (Lipinski definition) is 8. The number of rotatable bonds is 3. The standard InChI is InChI=1S/C38H46ClN5O6S/c1-24-18-31(40-43(24)4)35(45)41-51(47)28-12-15-34-32(20-28)44(22-38(23-49-34)16-6-8-25-19-27(39)11-14-30(25)38)21-26-10-13-29(26)33(48-5)9-7-17-50-37(2,3)36(46)42-51/h7,9,11-12,14-15,18-20,26,29,33H,6,8,10,13,16-17,21-23H2,1-5H3,(H,41,42,45,46,47)/b9-7-/t26-,29+,33-,38-,51?/m0/s1. The molecule has 2 bridgehead atoms. The van der Waals surface area contributed by atoms with Crippen LogP contribution in [0.5, 0.6) is 5.75 Å². The van der Waals surface area contributed by atoms with E-state index in [2.05, 4.69) is 31.2 Å². The minimum Gasteiger partial charge on any atom is -0.490 e. The molecule has 2 aliphatic carbocycles. The average molecular weight is 736 g/mol. The molecule has 1 aromatic heterocycles. The molecule has 1 spiro atoms. The largest absolute Gasteiger partial charge is 0.490 e. The number of carbonyl (C=O) groups excluding carboxylic acids is 2. The first-order chi connectivity index (χ1) is 24.3. The second kappa shape index (κ2) is 13.7. The van der Waals surface area contributed by atoms with Crippen LogP contribution in [0.1, 0.15) is 66.8 Å². The summed E-state index contributed by atoms with van der Waals surface area (Å²) in [5.74, 6) is -0.253. The van der Waals surface area contributed by atoms with E-state index < -0.39 is 27.3 Å². The first-order valence-corrected chi connectivity index (χ1v) is 19.5. The van der Waals surface area contributed by atoms with E-state index in [9.17, 15) is 9.59 Å². The number of amides is 2. The summed E-state index contributed by atoms with van der Waals surface area (Å²) in [5, 5.41) is 4.99. The van der Waals surface area contributed by atoms with Gasteiger partial charge >= 0.3 is 0 Å². The monoisotopic (exact) mass is 735 g/mol. The fraction of sp³-hybridized carbons (Fsp3) is 0.500. The van der Waals surface area contributed by atoms with Gasteiger partial charge in [0.1, 0.15) is 11.4 Å². The van der Waals surface area contributed by atoms with Crippen LogP contribution in [0.2, 0.25) is 5.02 Å². The summed E-state index contributed by atoms with van der Waals surface area (Å²) in [6, 6.07) is 12.9. The highest BCUT2D eigenvalue weighted by molar-refractivity contribution is 7.92. The molecule has 13 heteroatoms. The van der Waals surface area contributed by atoms with Gasteiger partial charge in [-0.2, -0.15) is 5.10 Å². The van der Waals surface area contributed by atoms with E-state index in [1.165, 1.54) is 11.1 Å². The SMILES string of the molecule is CO[C@H]1/C=C\COC(C)(C)C(=O)N=S(=O)(NC(=O)c2cc(C)n(C)n2)c2ccc3c(c2)N(C[C@@H]2CC[C@H]21)C[C@@]1(CCCc2cc(Cl)ccc21)CO3. The third-order valence-corrected chi connectivity index (χ3v) is 13.1. The molecule has 11 nitrogen and oxygen atoms in total. The minimum atomic E-state index is -3.90. The number of fused-ring (bicyclic) bond motifs is 4. The Morgan fingerprint density at radius 2 is 1.98 bits per heavy atom. The lowest BCUT2D eigenvalue weighted by molar-refractivity contribution is -0.137. The van der Waals surface area contributed by atoms with Gasteiger partial charge in [-0.3, -0.25) is 19.0 Å². The van der Waals surface area contributed by atoms with E-state index in [1.54, 1.807) is 57.0 Å². The van der Waals surface area contributed by atoms with Gasteiger partial charge in [-0.05, 0) is 112 Å². The van der Waals surface area contributed by atoms with Gasteiger partial charge in [-0.25, -0.2) is 4.21 Å². The highest BCUT2D eigenvalue weighted by Gasteiger charge is 2.45. The van der Waals surface area contributed by atoms with Gasteiger partial charge in [0, 0.05) is 43.4 Å². The van der Waals surface area contributed by atoms with Crippen LogP contribution in [0.25, 0.3) is 0 Å². The summed E-state index contributed by atoms with van der Waals surface area (Å²) in [4.78, 5) is 29.9. The number of benzene rings is 2. The summed E-state index contributed by atoms with van der Waals surface area (Å²) < 4.78 is 42.1. The van der Waals surface area contributed by atoms with Crippen LogP contribution in [-0.2, 0) is 43.1 Å². The molecule has 5 atom stereocenters. The van der Waals surface area contributed by atoms with E-state index >= 15 is 4.21 Å². The number of carbonyl (C=O) groups is 2. The van der Waals surface area contributed by atoms with Crippen LogP contribution in [-0.4, -0.2) is 70.9 Å². The number of nitrogens with one attached hydrogen (secondary N) is 1. The summed E-state index contributed by atoms with van der Waals surface area (Å²) >= 11 is 6.47. The van der Waals surface area contributed by atoms with Crippen LogP contribution in [0.15, 0.2) is 63.9 Å². The summed E-state index contributed by atoms with van der Waals surface area (Å²) in [6.07, 6.45) is 8.71. The van der Waals surface area contributed by atoms with E-state index in [-0.39, 0.29) is 34.6 Å². The fourth-order valence-electron chi connectivity index (χ4n) is 7.92. The van der Waals surface area contributed by atoms with Crippen LogP contribution < -0.4 is 14.4 Å². The molecule has 3 aromatic rings. The number of nitrogens with zero attached hydrogens (tertiary/aromatic N) is 4. The smallest absolute Gasteiger partial charge is 0.287 e. The Hall–Kier alpha value is -3.71. The third kappa shape index (κ3) is 6.83. The molecule has 2 aliphatic heterocycles. The molecule has 4 aliphatic rings. The summed E-state index contributed by atoms with van der Waals surface area (Å²) in [5.41, 5.74) is 2.27. The first kappa shape index (κ1) is 35.7. The summed E-state index contributed by atoms with van der Waals surface area (Å²) in [6.45, 7) is 6.93. The predicted molar refractivity (Wildman–Crippen MR) is 196 cm³/mol. The van der Waals surface area contributed by atoms with Crippen LogP contribution in [0.4, 0.5) is 5.69 Å². The van der Waals surface area contributed by atoms with Gasteiger partial charge in [-0.1, -0.05) is 29.8 Å². The van der Waals surface area contributed by atoms with Crippen molar-refractivity contribution in [3.05, 3.63) is 82.2 Å². The van der Waals surface area contributed by atoms with Crippen molar-refractivity contribution in [1.29, 1.82) is 0 Å². The molecule has 3 heterocycles. The summed E-state index contributed by atoms with van der Waals surface area (Å²) in [7, 11) is -0.452. The lowest BCUT2D eigenvalue weighted by Gasteiger charge is -2.46. The van der Waals surface area contributed by atoms with Crippen molar-refractivity contribution < 1.29 is 28.0 Å².